The van der Waals surface area contributed by atoms with Gasteiger partial charge in [0, 0.05) is 17.8 Å². The molecule has 0 saturated heterocycles. The molecular formula is C13H10ClN3O2S. The Morgan fingerprint density at radius 1 is 1.35 bits per heavy atom. The molecule has 2 heterocycles. The third kappa shape index (κ3) is 2.39. The summed E-state index contributed by atoms with van der Waals surface area (Å²) in [6, 6.07) is 8.80. The van der Waals surface area contributed by atoms with Crippen molar-refractivity contribution in [1.29, 1.82) is 0 Å². The summed E-state index contributed by atoms with van der Waals surface area (Å²) < 4.78 is 2.38. The van der Waals surface area contributed by atoms with Crippen molar-refractivity contribution in [2.24, 2.45) is 0 Å². The second kappa shape index (κ2) is 5.22. The number of hydrogen-bond acceptors (Lipinski definition) is 4. The summed E-state index contributed by atoms with van der Waals surface area (Å²) in [5.41, 5.74) is 1.37. The number of para-hydroxylation sites is 1. The van der Waals surface area contributed by atoms with Gasteiger partial charge in [0.1, 0.15) is 11.0 Å². The molecule has 0 aliphatic carbocycles. The average Bonchev–Trinajstić information content (AvgIpc) is 3.02. The van der Waals surface area contributed by atoms with Crippen LogP contribution in [0.4, 0.5) is 0 Å². The lowest BCUT2D eigenvalue weighted by atomic mass is 10.2. The lowest BCUT2D eigenvalue weighted by Crippen LogP contribution is -2.06. The summed E-state index contributed by atoms with van der Waals surface area (Å²) in [7, 11) is 0. The monoisotopic (exact) mass is 307 g/mol. The van der Waals surface area contributed by atoms with Crippen LogP contribution in [-0.2, 0) is 13.0 Å². The van der Waals surface area contributed by atoms with E-state index in [1.54, 1.807) is 22.9 Å². The molecule has 0 bridgehead atoms. The van der Waals surface area contributed by atoms with E-state index in [9.17, 15) is 9.90 Å². The quantitative estimate of drug-likeness (QED) is 0.804. The second-order valence-corrected chi connectivity index (χ2v) is 6.05. The summed E-state index contributed by atoms with van der Waals surface area (Å²) in [6.45, 7) is 0.567. The van der Waals surface area contributed by atoms with Gasteiger partial charge in [-0.3, -0.25) is 0 Å². The third-order valence-electron chi connectivity index (χ3n) is 2.96. The predicted octanol–water partition coefficient (Wildman–Crippen LogP) is 3.09. The van der Waals surface area contributed by atoms with E-state index in [0.29, 0.717) is 17.6 Å². The first kappa shape index (κ1) is 13.1. The molecule has 0 amide bonds. The van der Waals surface area contributed by atoms with Gasteiger partial charge in [-0.2, -0.15) is 0 Å². The number of thiophene rings is 1. The number of aryl methyl sites for hydroxylation is 2. The molecule has 3 rings (SSSR count). The van der Waals surface area contributed by atoms with Crippen LogP contribution in [0.1, 0.15) is 15.2 Å². The topological polar surface area (TPSA) is 68.0 Å². The van der Waals surface area contributed by atoms with Crippen LogP contribution in [0.2, 0.25) is 4.34 Å². The Hall–Kier alpha value is -1.92. The third-order valence-corrected chi connectivity index (χ3v) is 4.25. The summed E-state index contributed by atoms with van der Waals surface area (Å²) >= 11 is 7.40. The van der Waals surface area contributed by atoms with Crippen molar-refractivity contribution in [2.75, 3.05) is 0 Å². The maximum absolute atomic E-state index is 11.3. The van der Waals surface area contributed by atoms with Crippen LogP contribution in [-0.4, -0.2) is 26.1 Å². The zero-order valence-electron chi connectivity index (χ0n) is 10.3. The molecule has 0 saturated carbocycles. The minimum Gasteiger partial charge on any atom is -0.478 e. The lowest BCUT2D eigenvalue weighted by Gasteiger charge is -2.03. The number of halogens is 1. The highest BCUT2D eigenvalue weighted by atomic mass is 35.5. The largest absolute Gasteiger partial charge is 0.478 e. The highest BCUT2D eigenvalue weighted by Crippen LogP contribution is 2.23. The molecule has 0 spiro atoms. The molecule has 1 N–H and O–H groups in total. The van der Waals surface area contributed by atoms with Gasteiger partial charge in [-0.05, 0) is 24.3 Å². The first-order chi connectivity index (χ1) is 9.65. The van der Waals surface area contributed by atoms with E-state index in [1.807, 2.05) is 12.1 Å². The first-order valence-corrected chi connectivity index (χ1v) is 7.14. The number of fused-ring (bicyclic) bond motifs is 1. The molecule has 0 aliphatic rings. The number of rotatable bonds is 4. The van der Waals surface area contributed by atoms with Gasteiger partial charge in [-0.25, -0.2) is 9.48 Å². The van der Waals surface area contributed by atoms with Crippen molar-refractivity contribution < 1.29 is 9.90 Å². The zero-order valence-corrected chi connectivity index (χ0v) is 11.9. The van der Waals surface area contributed by atoms with Gasteiger partial charge in [0.2, 0.25) is 0 Å². The van der Waals surface area contributed by atoms with Crippen molar-refractivity contribution in [3.63, 3.8) is 0 Å². The Morgan fingerprint density at radius 3 is 2.90 bits per heavy atom. The van der Waals surface area contributed by atoms with Crippen molar-refractivity contribution in [1.82, 2.24) is 15.0 Å². The van der Waals surface area contributed by atoms with Gasteiger partial charge in [0.15, 0.2) is 0 Å². The minimum absolute atomic E-state index is 0.219. The van der Waals surface area contributed by atoms with Crippen LogP contribution in [0.5, 0.6) is 0 Å². The Balaban J connectivity index is 1.93. The lowest BCUT2D eigenvalue weighted by molar-refractivity contribution is 0.0698. The number of aromatic carboxylic acids is 1. The van der Waals surface area contributed by atoms with E-state index in [0.717, 1.165) is 15.6 Å². The highest BCUT2D eigenvalue weighted by molar-refractivity contribution is 7.16. The average molecular weight is 308 g/mol. The van der Waals surface area contributed by atoms with Crippen LogP contribution < -0.4 is 0 Å². The molecule has 0 atom stereocenters. The van der Waals surface area contributed by atoms with Crippen molar-refractivity contribution in [2.45, 2.75) is 13.0 Å². The van der Waals surface area contributed by atoms with E-state index >= 15 is 0 Å². The fraction of sp³-hybridized carbons (Fsp3) is 0.154. The van der Waals surface area contributed by atoms with Crippen LogP contribution in [0, 0.1) is 0 Å². The van der Waals surface area contributed by atoms with Crippen molar-refractivity contribution >= 4 is 39.9 Å². The molecule has 0 radical (unpaired) electrons. The fourth-order valence-electron chi connectivity index (χ4n) is 2.06. The predicted molar refractivity (Wildman–Crippen MR) is 77.5 cm³/mol. The molecule has 0 unspecified atom stereocenters. The van der Waals surface area contributed by atoms with Crippen molar-refractivity contribution in [3.05, 3.63) is 45.1 Å². The van der Waals surface area contributed by atoms with Crippen LogP contribution in [0.3, 0.4) is 0 Å². The van der Waals surface area contributed by atoms with E-state index in [2.05, 4.69) is 10.3 Å². The van der Waals surface area contributed by atoms with E-state index in [-0.39, 0.29) is 5.56 Å². The molecule has 5 nitrogen and oxygen atoms in total. The molecule has 0 aliphatic heterocycles. The number of aromatic nitrogens is 3. The maximum Gasteiger partial charge on any atom is 0.337 e. The summed E-state index contributed by atoms with van der Waals surface area (Å²) in [5.74, 6) is -0.974. The molecule has 102 valence electrons. The van der Waals surface area contributed by atoms with Gasteiger partial charge in [-0.1, -0.05) is 22.9 Å². The Bertz CT molecular complexity index is 781. The molecule has 20 heavy (non-hydrogen) atoms. The zero-order chi connectivity index (χ0) is 14.1. The summed E-state index contributed by atoms with van der Waals surface area (Å²) in [6.07, 6.45) is 0.740. The van der Waals surface area contributed by atoms with Gasteiger partial charge >= 0.3 is 5.97 Å². The summed E-state index contributed by atoms with van der Waals surface area (Å²) in [5, 5.41) is 17.3. The van der Waals surface area contributed by atoms with Crippen LogP contribution in [0.15, 0.2) is 30.3 Å². The van der Waals surface area contributed by atoms with Crippen LogP contribution >= 0.6 is 22.9 Å². The molecule has 2 aromatic heterocycles. The van der Waals surface area contributed by atoms with Gasteiger partial charge in [-0.15, -0.1) is 16.4 Å². The Labute approximate surface area is 123 Å². The number of nitrogens with zero attached hydrogens (tertiary/aromatic N) is 3. The van der Waals surface area contributed by atoms with Gasteiger partial charge in [0.05, 0.1) is 9.90 Å². The molecule has 7 heteroatoms. The standard InChI is InChI=1S/C13H10ClN3O2S/c14-11-5-4-8(20-11)6-7-17-12-9(13(18)19)2-1-3-10(12)15-16-17/h1-5H,6-7H2,(H,18,19). The first-order valence-electron chi connectivity index (χ1n) is 5.95. The molecule has 3 aromatic rings. The molecule has 0 fully saturated rings. The number of carbonyl (C=O) groups is 1. The van der Waals surface area contributed by atoms with Gasteiger partial charge < -0.3 is 5.11 Å². The molecule has 1 aromatic carbocycles. The normalized spacial score (nSPS) is 11.1. The second-order valence-electron chi connectivity index (χ2n) is 4.25. The fourth-order valence-corrected chi connectivity index (χ4v) is 3.14. The smallest absolute Gasteiger partial charge is 0.337 e. The van der Waals surface area contributed by atoms with E-state index in [4.69, 9.17) is 11.6 Å². The SMILES string of the molecule is O=C(O)c1cccc2nnn(CCc3ccc(Cl)s3)c12. The van der Waals surface area contributed by atoms with Crippen molar-refractivity contribution in [3.8, 4) is 0 Å². The number of carboxylic acid groups (broad SMARTS) is 1. The highest BCUT2D eigenvalue weighted by Gasteiger charge is 2.14. The van der Waals surface area contributed by atoms with E-state index in [1.165, 1.54) is 11.3 Å². The number of benzene rings is 1. The Kier molecular flexibility index (Phi) is 3.42. The van der Waals surface area contributed by atoms with Crippen LogP contribution in [0.25, 0.3) is 11.0 Å². The number of hydrogen-bond donors (Lipinski definition) is 1. The molecular weight excluding hydrogens is 298 g/mol. The van der Waals surface area contributed by atoms with E-state index < -0.39 is 5.97 Å². The minimum atomic E-state index is -0.974. The maximum atomic E-state index is 11.3. The summed E-state index contributed by atoms with van der Waals surface area (Å²) in [4.78, 5) is 12.4. The Morgan fingerprint density at radius 2 is 2.20 bits per heavy atom. The number of carboxylic acids is 1. The van der Waals surface area contributed by atoms with Gasteiger partial charge in [0.25, 0.3) is 0 Å².